The Morgan fingerprint density at radius 2 is 1.69 bits per heavy atom. The third-order valence-corrected chi connectivity index (χ3v) is 7.80. The molecule has 2 unspecified atom stereocenters. The van der Waals surface area contributed by atoms with Gasteiger partial charge in [-0.1, -0.05) is 79.2 Å². The second-order valence-electron chi connectivity index (χ2n) is 10.2. The molecule has 1 fully saturated rings. The van der Waals surface area contributed by atoms with Crippen LogP contribution in [0.2, 0.25) is 0 Å². The number of oxazole rings is 1. The summed E-state index contributed by atoms with van der Waals surface area (Å²) in [6, 6.07) is 27.1. The lowest BCUT2D eigenvalue weighted by atomic mass is 9.97. The summed E-state index contributed by atoms with van der Waals surface area (Å²) in [4.78, 5) is 19.6. The van der Waals surface area contributed by atoms with E-state index in [4.69, 9.17) is 18.9 Å². The number of carbonyl (C=O) groups is 1. The number of hydrogen-bond acceptors (Lipinski definition) is 6. The fourth-order valence-corrected chi connectivity index (χ4v) is 6.07. The lowest BCUT2D eigenvalue weighted by Gasteiger charge is -2.38. The summed E-state index contributed by atoms with van der Waals surface area (Å²) < 4.78 is 17.6. The van der Waals surface area contributed by atoms with Crippen LogP contribution in [0.5, 0.6) is 5.75 Å². The molecule has 0 amide bonds. The highest BCUT2D eigenvalue weighted by Crippen LogP contribution is 2.47. The molecular weight excluding hydrogens is 488 g/mol. The van der Waals surface area contributed by atoms with E-state index >= 15 is 0 Å². The van der Waals surface area contributed by atoms with Crippen LogP contribution < -0.4 is 4.74 Å². The van der Waals surface area contributed by atoms with Crippen molar-refractivity contribution in [3.05, 3.63) is 95.9 Å². The summed E-state index contributed by atoms with van der Waals surface area (Å²) in [6.45, 7) is 3.08. The number of nitrogens with zero attached hydrogens (tertiary/aromatic N) is 2. The summed E-state index contributed by atoms with van der Waals surface area (Å²) in [5.41, 5.74) is 5.46. The number of ether oxygens (including phenoxy) is 2. The van der Waals surface area contributed by atoms with Gasteiger partial charge in [-0.05, 0) is 56.3 Å². The van der Waals surface area contributed by atoms with Crippen LogP contribution in [0.4, 0.5) is 0 Å². The maximum Gasteiger partial charge on any atom is 0.344 e. The van der Waals surface area contributed by atoms with Gasteiger partial charge in [-0.15, -0.1) is 0 Å². The van der Waals surface area contributed by atoms with Gasteiger partial charge in [0.25, 0.3) is 0 Å². The molecule has 6 rings (SSSR count). The SMILES string of the molecule is CCOC(=O)COc1cccc2c1CCC2N1CCCCC1c1nc(-c2ccccc2)c(-c2ccccc2)o1. The van der Waals surface area contributed by atoms with Crippen LogP contribution >= 0.6 is 0 Å². The van der Waals surface area contributed by atoms with Crippen LogP contribution in [-0.4, -0.2) is 35.6 Å². The third-order valence-electron chi connectivity index (χ3n) is 7.80. The normalized spacial score (nSPS) is 19.0. The van der Waals surface area contributed by atoms with Gasteiger partial charge in [0.1, 0.15) is 11.4 Å². The fourth-order valence-electron chi connectivity index (χ4n) is 6.07. The molecule has 1 aromatic heterocycles. The molecule has 0 N–H and O–H groups in total. The van der Waals surface area contributed by atoms with Gasteiger partial charge in [0, 0.05) is 17.2 Å². The number of benzene rings is 3. The molecule has 0 saturated carbocycles. The van der Waals surface area contributed by atoms with E-state index in [2.05, 4.69) is 35.2 Å². The number of esters is 1. The molecule has 2 atom stereocenters. The van der Waals surface area contributed by atoms with Crippen molar-refractivity contribution in [2.24, 2.45) is 0 Å². The first-order valence-electron chi connectivity index (χ1n) is 14.0. The van der Waals surface area contributed by atoms with Crippen molar-refractivity contribution in [2.45, 2.75) is 51.1 Å². The molecule has 4 aromatic rings. The highest BCUT2D eigenvalue weighted by atomic mass is 16.6. The zero-order valence-corrected chi connectivity index (χ0v) is 22.3. The van der Waals surface area contributed by atoms with Gasteiger partial charge in [-0.25, -0.2) is 9.78 Å². The smallest absolute Gasteiger partial charge is 0.344 e. The Balaban J connectivity index is 1.32. The average Bonchev–Trinajstić information content (AvgIpc) is 3.63. The zero-order valence-electron chi connectivity index (χ0n) is 22.3. The van der Waals surface area contributed by atoms with Crippen molar-refractivity contribution < 1.29 is 18.7 Å². The van der Waals surface area contributed by atoms with Crippen LogP contribution in [0, 0.1) is 0 Å². The maximum atomic E-state index is 11.9. The number of fused-ring (bicyclic) bond motifs is 1. The largest absolute Gasteiger partial charge is 0.482 e. The van der Waals surface area contributed by atoms with E-state index in [1.165, 1.54) is 11.1 Å². The second kappa shape index (κ2) is 11.5. The van der Waals surface area contributed by atoms with Crippen molar-refractivity contribution in [1.29, 1.82) is 0 Å². The molecule has 39 heavy (non-hydrogen) atoms. The first kappa shape index (κ1) is 25.4. The molecule has 1 aliphatic heterocycles. The molecule has 200 valence electrons. The van der Waals surface area contributed by atoms with Crippen LogP contribution in [0.3, 0.4) is 0 Å². The molecule has 0 spiro atoms. The Labute approximate surface area is 229 Å². The van der Waals surface area contributed by atoms with Gasteiger partial charge < -0.3 is 13.9 Å². The summed E-state index contributed by atoms with van der Waals surface area (Å²) in [5, 5.41) is 0. The minimum absolute atomic E-state index is 0.0673. The summed E-state index contributed by atoms with van der Waals surface area (Å²) in [6.07, 6.45) is 5.22. The molecule has 6 heteroatoms. The number of hydrogen-bond donors (Lipinski definition) is 0. The number of carbonyl (C=O) groups excluding carboxylic acids is 1. The molecule has 0 radical (unpaired) electrons. The predicted octanol–water partition coefficient (Wildman–Crippen LogP) is 7.17. The number of rotatable bonds is 8. The molecule has 1 saturated heterocycles. The first-order chi connectivity index (χ1) is 19.2. The van der Waals surface area contributed by atoms with Crippen molar-refractivity contribution in [1.82, 2.24) is 9.88 Å². The van der Waals surface area contributed by atoms with Gasteiger partial charge in [0.05, 0.1) is 12.6 Å². The molecular formula is C33H34N2O4. The van der Waals surface area contributed by atoms with E-state index in [0.29, 0.717) is 6.61 Å². The summed E-state index contributed by atoms with van der Waals surface area (Å²) >= 11 is 0. The maximum absolute atomic E-state index is 11.9. The fraction of sp³-hybridized carbons (Fsp3) is 0.333. The highest BCUT2D eigenvalue weighted by Gasteiger charge is 2.38. The van der Waals surface area contributed by atoms with Gasteiger partial charge >= 0.3 is 5.97 Å². The predicted molar refractivity (Wildman–Crippen MR) is 150 cm³/mol. The topological polar surface area (TPSA) is 64.8 Å². The molecule has 2 aliphatic rings. The van der Waals surface area contributed by atoms with Crippen molar-refractivity contribution in [3.63, 3.8) is 0 Å². The molecule has 0 bridgehead atoms. The monoisotopic (exact) mass is 522 g/mol. The molecule has 1 aliphatic carbocycles. The second-order valence-corrected chi connectivity index (χ2v) is 10.2. The van der Waals surface area contributed by atoms with E-state index < -0.39 is 0 Å². The molecule has 2 heterocycles. The van der Waals surface area contributed by atoms with Crippen LogP contribution in [0.25, 0.3) is 22.6 Å². The van der Waals surface area contributed by atoms with Crippen molar-refractivity contribution in [3.8, 4) is 28.3 Å². The molecule has 6 nitrogen and oxygen atoms in total. The van der Waals surface area contributed by atoms with Crippen LogP contribution in [0.1, 0.15) is 61.7 Å². The number of aromatic nitrogens is 1. The van der Waals surface area contributed by atoms with E-state index in [-0.39, 0.29) is 24.7 Å². The van der Waals surface area contributed by atoms with Gasteiger partial charge in [-0.3, -0.25) is 4.90 Å². The van der Waals surface area contributed by atoms with E-state index in [9.17, 15) is 4.79 Å². The Morgan fingerprint density at radius 1 is 0.923 bits per heavy atom. The average molecular weight is 523 g/mol. The minimum Gasteiger partial charge on any atom is -0.482 e. The van der Waals surface area contributed by atoms with Gasteiger partial charge in [0.15, 0.2) is 12.4 Å². The van der Waals surface area contributed by atoms with Gasteiger partial charge in [0.2, 0.25) is 5.89 Å². The van der Waals surface area contributed by atoms with Crippen molar-refractivity contribution >= 4 is 5.97 Å². The molecule has 3 aromatic carbocycles. The van der Waals surface area contributed by atoms with Gasteiger partial charge in [-0.2, -0.15) is 0 Å². The first-order valence-corrected chi connectivity index (χ1v) is 14.0. The number of piperidine rings is 1. The lowest BCUT2D eigenvalue weighted by Crippen LogP contribution is -2.36. The zero-order chi connectivity index (χ0) is 26.6. The van der Waals surface area contributed by atoms with E-state index in [1.807, 2.05) is 48.5 Å². The van der Waals surface area contributed by atoms with E-state index in [0.717, 1.165) is 72.9 Å². The lowest BCUT2D eigenvalue weighted by molar-refractivity contribution is -0.145. The van der Waals surface area contributed by atoms with Crippen LogP contribution in [-0.2, 0) is 16.0 Å². The summed E-state index contributed by atoms with van der Waals surface area (Å²) in [5.74, 6) is 2.05. The Kier molecular flexibility index (Phi) is 7.46. The quantitative estimate of drug-likeness (QED) is 0.229. The van der Waals surface area contributed by atoms with Crippen molar-refractivity contribution in [2.75, 3.05) is 19.8 Å². The van der Waals surface area contributed by atoms with Crippen LogP contribution in [0.15, 0.2) is 83.3 Å². The Hall–Kier alpha value is -3.90. The highest BCUT2D eigenvalue weighted by molar-refractivity contribution is 5.76. The minimum atomic E-state index is -0.340. The Bertz CT molecular complexity index is 1360. The number of likely N-dealkylation sites (tertiary alicyclic amines) is 1. The third kappa shape index (κ3) is 5.21. The van der Waals surface area contributed by atoms with E-state index in [1.54, 1.807) is 6.92 Å². The summed E-state index contributed by atoms with van der Waals surface area (Å²) in [7, 11) is 0. The Morgan fingerprint density at radius 3 is 2.46 bits per heavy atom. The standard InChI is InChI=1S/C33H34N2O4/c1-2-37-30(36)22-38-29-18-11-16-25-26(29)19-20-27(25)35-21-10-9-17-28(35)33-34-31(23-12-5-3-6-13-23)32(39-33)24-14-7-4-8-15-24/h3-8,11-16,18,27-28H,2,9-10,17,19-22H2,1H3.